The fraction of sp³-hybridized carbons (Fsp3) is 0.533. The van der Waals surface area contributed by atoms with E-state index < -0.39 is 0 Å². The Labute approximate surface area is 128 Å². The molecule has 2 aromatic rings. The van der Waals surface area contributed by atoms with Crippen LogP contribution in [0.3, 0.4) is 0 Å². The van der Waals surface area contributed by atoms with Gasteiger partial charge in [-0.05, 0) is 12.1 Å². The van der Waals surface area contributed by atoms with Crippen LogP contribution in [-0.2, 0) is 16.1 Å². The molecule has 0 saturated carbocycles. The van der Waals surface area contributed by atoms with E-state index in [1.165, 1.54) is 0 Å². The van der Waals surface area contributed by atoms with Gasteiger partial charge in [0.25, 0.3) is 0 Å². The molecule has 112 valence electrons. The molecule has 2 fully saturated rings. The number of nitrogens with zero attached hydrogens (tertiary/aromatic N) is 3. The number of ether oxygens (including phenoxy) is 2. The molecule has 0 aliphatic carbocycles. The molecular weight excluding hydrogens is 290 g/mol. The summed E-state index contributed by atoms with van der Waals surface area (Å²) in [6, 6.07) is 8.07. The summed E-state index contributed by atoms with van der Waals surface area (Å²) in [5.41, 5.74) is 1.08. The predicted molar refractivity (Wildman–Crippen MR) is 80.2 cm³/mol. The van der Waals surface area contributed by atoms with E-state index in [0.29, 0.717) is 5.15 Å². The Hall–Kier alpha value is -1.14. The molecule has 2 aliphatic rings. The van der Waals surface area contributed by atoms with Crippen molar-refractivity contribution in [2.24, 2.45) is 0 Å². The van der Waals surface area contributed by atoms with Crippen molar-refractivity contribution < 1.29 is 9.47 Å². The third-order valence-electron chi connectivity index (χ3n) is 4.38. The molecule has 0 amide bonds. The number of hydrogen-bond acceptors (Lipinski definition) is 4. The molecule has 1 spiro atoms. The van der Waals surface area contributed by atoms with Crippen molar-refractivity contribution in [2.45, 2.75) is 25.3 Å². The number of aromatic nitrogens is 2. The molecule has 0 N–H and O–H groups in total. The predicted octanol–water partition coefficient (Wildman–Crippen LogP) is 2.49. The molecule has 5 nitrogen and oxygen atoms in total. The van der Waals surface area contributed by atoms with E-state index in [0.717, 1.165) is 56.7 Å². The fourth-order valence-electron chi connectivity index (χ4n) is 3.20. The van der Waals surface area contributed by atoms with Crippen LogP contribution in [0.4, 0.5) is 0 Å². The lowest BCUT2D eigenvalue weighted by molar-refractivity contribution is -0.187. The van der Waals surface area contributed by atoms with Crippen molar-refractivity contribution in [2.75, 3.05) is 26.3 Å². The molecule has 21 heavy (non-hydrogen) atoms. The molecular formula is C15H18ClN3O2. The van der Waals surface area contributed by atoms with E-state index in [1.54, 1.807) is 0 Å². The number of hydrogen-bond donors (Lipinski definition) is 0. The average molecular weight is 308 g/mol. The molecule has 4 rings (SSSR count). The number of likely N-dealkylation sites (tertiary alicyclic amines) is 1. The molecule has 1 aromatic heterocycles. The Morgan fingerprint density at radius 2 is 1.86 bits per heavy atom. The lowest BCUT2D eigenvalue weighted by atomic mass is 10.0. The van der Waals surface area contributed by atoms with Gasteiger partial charge in [-0.3, -0.25) is 4.90 Å². The minimum absolute atomic E-state index is 0.319. The first kappa shape index (κ1) is 13.5. The summed E-state index contributed by atoms with van der Waals surface area (Å²) in [4.78, 5) is 2.37. The molecule has 0 atom stereocenters. The van der Waals surface area contributed by atoms with Gasteiger partial charge in [0.05, 0.1) is 25.4 Å². The highest BCUT2D eigenvalue weighted by molar-refractivity contribution is 6.34. The van der Waals surface area contributed by atoms with Gasteiger partial charge in [-0.25, -0.2) is 4.68 Å². The van der Waals surface area contributed by atoms with E-state index in [4.69, 9.17) is 21.1 Å². The number of benzene rings is 1. The standard InChI is InChI=1S/C15H18ClN3O2/c16-14-12-3-1-2-4-13(12)19(17-14)11-18-7-5-15(6-8-18)20-9-10-21-15/h1-4H,5-11H2. The summed E-state index contributed by atoms with van der Waals surface area (Å²) in [5, 5.41) is 6.03. The Morgan fingerprint density at radius 1 is 1.14 bits per heavy atom. The van der Waals surface area contributed by atoms with E-state index in [9.17, 15) is 0 Å². The lowest BCUT2D eigenvalue weighted by Gasteiger charge is -2.37. The molecule has 2 saturated heterocycles. The SMILES string of the molecule is Clc1nn(CN2CCC3(CC2)OCCO3)c2ccccc12. The van der Waals surface area contributed by atoms with Gasteiger partial charge in [0.2, 0.25) is 0 Å². The quantitative estimate of drug-likeness (QED) is 0.854. The first-order valence-electron chi connectivity index (χ1n) is 7.37. The molecule has 6 heteroatoms. The van der Waals surface area contributed by atoms with Gasteiger partial charge in [-0.2, -0.15) is 5.10 Å². The summed E-state index contributed by atoms with van der Waals surface area (Å²) in [7, 11) is 0. The van der Waals surface area contributed by atoms with Crippen LogP contribution < -0.4 is 0 Å². The Morgan fingerprint density at radius 3 is 2.62 bits per heavy atom. The van der Waals surface area contributed by atoms with Crippen LogP contribution in [0.2, 0.25) is 5.15 Å². The van der Waals surface area contributed by atoms with E-state index in [1.807, 2.05) is 22.9 Å². The van der Waals surface area contributed by atoms with Crippen LogP contribution >= 0.6 is 11.6 Å². The maximum absolute atomic E-state index is 6.20. The van der Waals surface area contributed by atoms with Crippen LogP contribution in [0.25, 0.3) is 10.9 Å². The highest BCUT2D eigenvalue weighted by Crippen LogP contribution is 2.31. The van der Waals surface area contributed by atoms with Crippen molar-refractivity contribution in [3.8, 4) is 0 Å². The summed E-state index contributed by atoms with van der Waals surface area (Å²) < 4.78 is 13.5. The summed E-state index contributed by atoms with van der Waals surface area (Å²) in [6.07, 6.45) is 1.83. The maximum Gasteiger partial charge on any atom is 0.170 e. The normalized spacial score (nSPS) is 22.3. The van der Waals surface area contributed by atoms with Gasteiger partial charge in [0.1, 0.15) is 0 Å². The fourth-order valence-corrected chi connectivity index (χ4v) is 3.46. The number of halogens is 1. The Balaban J connectivity index is 1.49. The van der Waals surface area contributed by atoms with Crippen LogP contribution in [0, 0.1) is 0 Å². The number of para-hydroxylation sites is 1. The van der Waals surface area contributed by atoms with E-state index >= 15 is 0 Å². The number of fused-ring (bicyclic) bond motifs is 1. The Kier molecular flexibility index (Phi) is 3.38. The zero-order chi connectivity index (χ0) is 14.3. The molecule has 2 aliphatic heterocycles. The second kappa shape index (κ2) is 5.25. The van der Waals surface area contributed by atoms with Crippen molar-refractivity contribution in [3.05, 3.63) is 29.4 Å². The molecule has 0 radical (unpaired) electrons. The zero-order valence-electron chi connectivity index (χ0n) is 11.8. The van der Waals surface area contributed by atoms with Gasteiger partial charge < -0.3 is 9.47 Å². The van der Waals surface area contributed by atoms with E-state index in [2.05, 4.69) is 16.1 Å². The number of rotatable bonds is 2. The molecule has 0 unspecified atom stereocenters. The van der Waals surface area contributed by atoms with Gasteiger partial charge in [-0.1, -0.05) is 23.7 Å². The average Bonchev–Trinajstić information content (AvgIpc) is 3.09. The molecule has 1 aromatic carbocycles. The summed E-state index contributed by atoms with van der Waals surface area (Å²) >= 11 is 6.20. The second-order valence-corrected chi connectivity index (χ2v) is 6.03. The third-order valence-corrected chi connectivity index (χ3v) is 4.66. The largest absolute Gasteiger partial charge is 0.347 e. The third kappa shape index (κ3) is 2.44. The highest BCUT2D eigenvalue weighted by Gasteiger charge is 2.39. The van der Waals surface area contributed by atoms with Crippen LogP contribution in [-0.4, -0.2) is 46.8 Å². The van der Waals surface area contributed by atoms with Crippen molar-refractivity contribution in [3.63, 3.8) is 0 Å². The van der Waals surface area contributed by atoms with Crippen molar-refractivity contribution >= 4 is 22.5 Å². The first-order chi connectivity index (χ1) is 10.3. The highest BCUT2D eigenvalue weighted by atomic mass is 35.5. The minimum atomic E-state index is -0.319. The monoisotopic (exact) mass is 307 g/mol. The maximum atomic E-state index is 6.20. The van der Waals surface area contributed by atoms with Crippen molar-refractivity contribution in [1.82, 2.24) is 14.7 Å². The van der Waals surface area contributed by atoms with E-state index in [-0.39, 0.29) is 5.79 Å². The van der Waals surface area contributed by atoms with Crippen LogP contribution in [0.15, 0.2) is 24.3 Å². The van der Waals surface area contributed by atoms with Gasteiger partial charge in [0.15, 0.2) is 10.9 Å². The summed E-state index contributed by atoms with van der Waals surface area (Å²) in [6.45, 7) is 4.10. The first-order valence-corrected chi connectivity index (χ1v) is 7.75. The van der Waals surface area contributed by atoms with Crippen LogP contribution in [0.5, 0.6) is 0 Å². The van der Waals surface area contributed by atoms with Gasteiger partial charge in [0, 0.05) is 31.3 Å². The molecule has 3 heterocycles. The minimum Gasteiger partial charge on any atom is -0.347 e. The topological polar surface area (TPSA) is 39.5 Å². The van der Waals surface area contributed by atoms with Gasteiger partial charge in [-0.15, -0.1) is 0 Å². The summed E-state index contributed by atoms with van der Waals surface area (Å²) in [5.74, 6) is -0.319. The second-order valence-electron chi connectivity index (χ2n) is 5.67. The lowest BCUT2D eigenvalue weighted by Crippen LogP contribution is -2.45. The van der Waals surface area contributed by atoms with Crippen molar-refractivity contribution in [1.29, 1.82) is 0 Å². The molecule has 0 bridgehead atoms. The van der Waals surface area contributed by atoms with Gasteiger partial charge >= 0.3 is 0 Å². The number of piperidine rings is 1. The smallest absolute Gasteiger partial charge is 0.170 e. The Bertz CT molecular complexity index is 641. The zero-order valence-corrected chi connectivity index (χ0v) is 12.6. The van der Waals surface area contributed by atoms with Crippen LogP contribution in [0.1, 0.15) is 12.8 Å².